The number of anilines is 1. The molecule has 0 bridgehead atoms. The number of aromatic amines is 1. The van der Waals surface area contributed by atoms with Gasteiger partial charge in [0.1, 0.15) is 16.7 Å². The van der Waals surface area contributed by atoms with Crippen LogP contribution in [0, 0.1) is 6.92 Å². The minimum absolute atomic E-state index is 0.362. The van der Waals surface area contributed by atoms with Crippen LogP contribution in [0.25, 0.3) is 27.3 Å². The number of aromatic nitrogens is 5. The Balaban J connectivity index is 1.55. The third-order valence-electron chi connectivity index (χ3n) is 6.44. The molecule has 4 aromatic rings. The maximum absolute atomic E-state index is 5.16. The summed E-state index contributed by atoms with van der Waals surface area (Å²) >= 11 is 1.78. The Kier molecular flexibility index (Phi) is 5.01. The van der Waals surface area contributed by atoms with Crippen LogP contribution in [0.4, 0.5) is 5.13 Å². The fraction of sp³-hybridized carbons (Fsp3) is 0.522. The molecule has 31 heavy (non-hydrogen) atoms. The average molecular weight is 438 g/mol. The lowest BCUT2D eigenvalue weighted by molar-refractivity contribution is 0.185. The number of rotatable bonds is 4. The molecule has 5 rings (SSSR count). The van der Waals surface area contributed by atoms with Gasteiger partial charge < -0.3 is 9.88 Å². The molecule has 8 heteroatoms. The van der Waals surface area contributed by atoms with Gasteiger partial charge in [0, 0.05) is 49.0 Å². The summed E-state index contributed by atoms with van der Waals surface area (Å²) in [6, 6.07) is 3.25. The van der Waals surface area contributed by atoms with Crippen LogP contribution in [0.15, 0.2) is 18.6 Å². The summed E-state index contributed by atoms with van der Waals surface area (Å²) in [6.45, 7) is 16.7. The Morgan fingerprint density at radius 1 is 1.19 bits per heavy atom. The van der Waals surface area contributed by atoms with Crippen LogP contribution < -0.4 is 4.90 Å². The van der Waals surface area contributed by atoms with Gasteiger partial charge in [-0.25, -0.2) is 14.5 Å². The monoisotopic (exact) mass is 437 g/mol. The molecule has 7 nitrogen and oxygen atoms in total. The van der Waals surface area contributed by atoms with Crippen molar-refractivity contribution in [3.63, 3.8) is 0 Å². The van der Waals surface area contributed by atoms with Gasteiger partial charge in [0.15, 0.2) is 10.8 Å². The average Bonchev–Trinajstić information content (AvgIpc) is 3.41. The number of fused-ring (bicyclic) bond motifs is 2. The standard InChI is InChI=1S/C23H31N7S/c1-13(2)18-19(17-9-15(5)21-24-12-25-30(21)11-17)26-22-20(18)27-23(31-22)29-8-7-28(14(3)4)10-16(29)6/h9,11-14,16,26H,7-8,10H2,1-6H3/t16-/m1/s1. The lowest BCUT2D eigenvalue weighted by Gasteiger charge is -2.41. The van der Waals surface area contributed by atoms with Gasteiger partial charge in [-0.2, -0.15) is 5.10 Å². The van der Waals surface area contributed by atoms with E-state index in [1.807, 2.05) is 4.52 Å². The SMILES string of the molecule is Cc1cc(-c2[nH]c3sc(N4CCN(C(C)C)C[C@H]4C)nc3c2C(C)C)cn2ncnc12. The number of aryl methyl sites for hydroxylation is 1. The number of nitrogens with one attached hydrogen (secondary N) is 1. The molecule has 164 valence electrons. The van der Waals surface area contributed by atoms with E-state index >= 15 is 0 Å². The topological polar surface area (TPSA) is 65.4 Å². The fourth-order valence-electron chi connectivity index (χ4n) is 4.76. The second-order valence-electron chi connectivity index (χ2n) is 9.31. The first-order valence-corrected chi connectivity index (χ1v) is 12.0. The molecule has 1 aliphatic rings. The molecule has 0 aliphatic carbocycles. The smallest absolute Gasteiger partial charge is 0.188 e. The molecule has 0 saturated carbocycles. The molecule has 1 fully saturated rings. The number of pyridine rings is 1. The highest BCUT2D eigenvalue weighted by Gasteiger charge is 2.29. The van der Waals surface area contributed by atoms with Crippen LogP contribution in [0.5, 0.6) is 0 Å². The van der Waals surface area contributed by atoms with E-state index in [1.165, 1.54) is 5.56 Å². The number of hydrogen-bond donors (Lipinski definition) is 1. The van der Waals surface area contributed by atoms with Gasteiger partial charge in [-0.05, 0) is 45.2 Å². The summed E-state index contributed by atoms with van der Waals surface area (Å²) in [7, 11) is 0. The molecule has 0 unspecified atom stereocenters. The first-order chi connectivity index (χ1) is 14.8. The van der Waals surface area contributed by atoms with Crippen molar-refractivity contribution in [2.75, 3.05) is 24.5 Å². The Morgan fingerprint density at radius 3 is 2.71 bits per heavy atom. The zero-order valence-corrected chi connectivity index (χ0v) is 20.0. The molecule has 4 aromatic heterocycles. The van der Waals surface area contributed by atoms with Gasteiger partial charge in [-0.3, -0.25) is 4.90 Å². The van der Waals surface area contributed by atoms with Gasteiger partial charge in [0.25, 0.3) is 0 Å². The Morgan fingerprint density at radius 2 is 2.00 bits per heavy atom. The van der Waals surface area contributed by atoms with E-state index in [-0.39, 0.29) is 0 Å². The van der Waals surface area contributed by atoms with Gasteiger partial charge in [-0.1, -0.05) is 25.2 Å². The summed E-state index contributed by atoms with van der Waals surface area (Å²) in [5.41, 5.74) is 6.69. The third-order valence-corrected chi connectivity index (χ3v) is 7.45. The number of nitrogens with zero attached hydrogens (tertiary/aromatic N) is 6. The van der Waals surface area contributed by atoms with Gasteiger partial charge in [0.05, 0.1) is 5.69 Å². The highest BCUT2D eigenvalue weighted by atomic mass is 32.1. The van der Waals surface area contributed by atoms with E-state index in [2.05, 4.69) is 78.7 Å². The molecule has 0 aromatic carbocycles. The Hall–Kier alpha value is -2.45. The van der Waals surface area contributed by atoms with Crippen molar-refractivity contribution in [2.24, 2.45) is 0 Å². The zero-order chi connectivity index (χ0) is 21.9. The minimum Gasteiger partial charge on any atom is -0.345 e. The fourth-order valence-corrected chi connectivity index (χ4v) is 5.87. The maximum Gasteiger partial charge on any atom is 0.188 e. The quantitative estimate of drug-likeness (QED) is 0.502. The third kappa shape index (κ3) is 3.42. The van der Waals surface area contributed by atoms with Crippen molar-refractivity contribution >= 4 is 32.5 Å². The van der Waals surface area contributed by atoms with Crippen molar-refractivity contribution in [3.05, 3.63) is 29.7 Å². The predicted molar refractivity (Wildman–Crippen MR) is 128 cm³/mol. The van der Waals surface area contributed by atoms with Crippen LogP contribution in [0.1, 0.15) is 51.7 Å². The second kappa shape index (κ2) is 7.60. The van der Waals surface area contributed by atoms with E-state index in [9.17, 15) is 0 Å². The largest absolute Gasteiger partial charge is 0.345 e. The first-order valence-electron chi connectivity index (χ1n) is 11.2. The molecule has 0 amide bonds. The minimum atomic E-state index is 0.362. The summed E-state index contributed by atoms with van der Waals surface area (Å²) < 4.78 is 1.86. The lowest BCUT2D eigenvalue weighted by atomic mass is 9.99. The Bertz CT molecular complexity index is 1230. The van der Waals surface area contributed by atoms with E-state index in [0.29, 0.717) is 18.0 Å². The van der Waals surface area contributed by atoms with E-state index in [4.69, 9.17) is 4.98 Å². The summed E-state index contributed by atoms with van der Waals surface area (Å²) in [4.78, 5) is 19.4. The number of H-pyrrole nitrogens is 1. The van der Waals surface area contributed by atoms with Crippen LogP contribution in [-0.2, 0) is 0 Å². The first kappa shape index (κ1) is 20.5. The molecule has 1 atom stereocenters. The van der Waals surface area contributed by atoms with Crippen molar-refractivity contribution < 1.29 is 0 Å². The van der Waals surface area contributed by atoms with E-state index < -0.39 is 0 Å². The van der Waals surface area contributed by atoms with E-state index in [0.717, 1.165) is 57.6 Å². The van der Waals surface area contributed by atoms with Crippen molar-refractivity contribution in [1.29, 1.82) is 0 Å². The summed E-state index contributed by atoms with van der Waals surface area (Å²) in [5.74, 6) is 0.362. The maximum atomic E-state index is 5.16. The van der Waals surface area contributed by atoms with Crippen molar-refractivity contribution in [1.82, 2.24) is 29.5 Å². The molecule has 1 saturated heterocycles. The zero-order valence-electron chi connectivity index (χ0n) is 19.2. The highest BCUT2D eigenvalue weighted by molar-refractivity contribution is 7.21. The van der Waals surface area contributed by atoms with Crippen molar-refractivity contribution in [2.45, 2.75) is 59.5 Å². The van der Waals surface area contributed by atoms with Gasteiger partial charge >= 0.3 is 0 Å². The van der Waals surface area contributed by atoms with Crippen LogP contribution in [-0.4, -0.2) is 61.2 Å². The highest BCUT2D eigenvalue weighted by Crippen LogP contribution is 2.40. The molecular formula is C23H31N7S. The second-order valence-corrected chi connectivity index (χ2v) is 10.3. The van der Waals surface area contributed by atoms with Crippen molar-refractivity contribution in [3.8, 4) is 11.3 Å². The molecule has 1 aliphatic heterocycles. The molecule has 5 heterocycles. The van der Waals surface area contributed by atoms with Gasteiger partial charge in [-0.15, -0.1) is 0 Å². The number of hydrogen-bond acceptors (Lipinski definition) is 6. The van der Waals surface area contributed by atoms with Crippen LogP contribution >= 0.6 is 11.3 Å². The summed E-state index contributed by atoms with van der Waals surface area (Å²) in [5, 5.41) is 5.48. The predicted octanol–water partition coefficient (Wildman–Crippen LogP) is 4.68. The lowest BCUT2D eigenvalue weighted by Crippen LogP contribution is -2.53. The summed E-state index contributed by atoms with van der Waals surface area (Å²) in [6.07, 6.45) is 3.67. The number of thiazole rings is 1. The molecule has 0 radical (unpaired) electrons. The number of piperazine rings is 1. The Labute approximate surface area is 187 Å². The molecule has 1 N–H and O–H groups in total. The normalized spacial score (nSPS) is 18.3. The molecule has 0 spiro atoms. The van der Waals surface area contributed by atoms with Crippen LogP contribution in [0.2, 0.25) is 0 Å². The molecular weight excluding hydrogens is 406 g/mol. The van der Waals surface area contributed by atoms with Gasteiger partial charge in [0.2, 0.25) is 0 Å². The van der Waals surface area contributed by atoms with Crippen LogP contribution in [0.3, 0.4) is 0 Å². The van der Waals surface area contributed by atoms with E-state index in [1.54, 1.807) is 17.7 Å².